The average Bonchev–Trinajstić information content (AvgIpc) is 2.61. The number of aryl methyl sites for hydroxylation is 1. The Labute approximate surface area is 153 Å². The van der Waals surface area contributed by atoms with Crippen LogP contribution in [0.4, 0.5) is 11.4 Å². The van der Waals surface area contributed by atoms with Crippen LogP contribution in [-0.4, -0.2) is 30.5 Å². The molecular formula is C17H15ClN2O6. The summed E-state index contributed by atoms with van der Waals surface area (Å²) >= 11 is 5.85. The minimum absolute atomic E-state index is 0.106. The zero-order valence-electron chi connectivity index (χ0n) is 13.9. The van der Waals surface area contributed by atoms with Gasteiger partial charge in [0.25, 0.3) is 11.6 Å². The normalized spacial score (nSPS) is 10.1. The molecule has 8 nitrogen and oxygen atoms in total. The van der Waals surface area contributed by atoms with Crippen LogP contribution in [0.1, 0.15) is 15.9 Å². The fourth-order valence-electron chi connectivity index (χ4n) is 2.13. The van der Waals surface area contributed by atoms with Crippen LogP contribution in [0.25, 0.3) is 0 Å². The van der Waals surface area contributed by atoms with E-state index in [9.17, 15) is 19.7 Å². The first-order valence-corrected chi connectivity index (χ1v) is 7.75. The summed E-state index contributed by atoms with van der Waals surface area (Å²) in [5.41, 5.74) is 0.845. The van der Waals surface area contributed by atoms with Gasteiger partial charge in [-0.1, -0.05) is 11.6 Å². The smallest absolute Gasteiger partial charge is 0.342 e. The summed E-state index contributed by atoms with van der Waals surface area (Å²) in [4.78, 5) is 34.3. The number of hydrogen-bond donors (Lipinski definition) is 1. The highest BCUT2D eigenvalue weighted by molar-refractivity contribution is 6.30. The molecule has 0 fully saturated rings. The number of methoxy groups -OCH3 is 1. The number of amides is 1. The van der Waals surface area contributed by atoms with E-state index in [2.05, 4.69) is 5.32 Å². The molecule has 0 bridgehead atoms. The number of hydrogen-bond acceptors (Lipinski definition) is 6. The van der Waals surface area contributed by atoms with Gasteiger partial charge in [-0.3, -0.25) is 14.9 Å². The van der Waals surface area contributed by atoms with Crippen molar-refractivity contribution < 1.29 is 24.0 Å². The lowest BCUT2D eigenvalue weighted by molar-refractivity contribution is -0.384. The lowest BCUT2D eigenvalue weighted by Gasteiger charge is -2.10. The second-order valence-electron chi connectivity index (χ2n) is 5.23. The van der Waals surface area contributed by atoms with E-state index in [4.69, 9.17) is 21.1 Å². The fourth-order valence-corrected chi connectivity index (χ4v) is 2.36. The van der Waals surface area contributed by atoms with Crippen LogP contribution in [0.2, 0.25) is 5.02 Å². The highest BCUT2D eigenvalue weighted by Gasteiger charge is 2.19. The number of benzene rings is 2. The van der Waals surface area contributed by atoms with Gasteiger partial charge in [-0.05, 0) is 36.8 Å². The summed E-state index contributed by atoms with van der Waals surface area (Å²) in [6, 6.07) is 8.43. The van der Waals surface area contributed by atoms with Crippen LogP contribution < -0.4 is 10.1 Å². The number of esters is 1. The maximum absolute atomic E-state index is 12.1. The Bertz CT molecular complexity index is 868. The first kappa shape index (κ1) is 19.2. The van der Waals surface area contributed by atoms with Gasteiger partial charge in [0.15, 0.2) is 6.61 Å². The molecule has 136 valence electrons. The summed E-state index contributed by atoms with van der Waals surface area (Å²) in [6.07, 6.45) is 0. The first-order chi connectivity index (χ1) is 12.3. The predicted octanol–water partition coefficient (Wildman–Crippen LogP) is 3.36. The number of carbonyl (C=O) groups excluding carboxylic acids is 2. The summed E-state index contributed by atoms with van der Waals surface area (Å²) in [7, 11) is 1.31. The van der Waals surface area contributed by atoms with Gasteiger partial charge >= 0.3 is 5.97 Å². The van der Waals surface area contributed by atoms with Crippen molar-refractivity contribution in [2.45, 2.75) is 6.92 Å². The molecule has 1 N–H and O–H groups in total. The van der Waals surface area contributed by atoms with Gasteiger partial charge in [0.05, 0.1) is 12.0 Å². The van der Waals surface area contributed by atoms with Crippen molar-refractivity contribution in [2.24, 2.45) is 0 Å². The molecule has 0 spiro atoms. The van der Waals surface area contributed by atoms with Gasteiger partial charge < -0.3 is 14.8 Å². The van der Waals surface area contributed by atoms with E-state index in [1.165, 1.54) is 19.2 Å². The van der Waals surface area contributed by atoms with E-state index in [1.807, 2.05) is 0 Å². The summed E-state index contributed by atoms with van der Waals surface area (Å²) in [5, 5.41) is 14.0. The van der Waals surface area contributed by atoms with Crippen LogP contribution >= 0.6 is 11.6 Å². The van der Waals surface area contributed by atoms with E-state index in [0.29, 0.717) is 10.7 Å². The molecule has 0 aromatic heterocycles. The monoisotopic (exact) mass is 378 g/mol. The van der Waals surface area contributed by atoms with Crippen molar-refractivity contribution in [3.63, 3.8) is 0 Å². The van der Waals surface area contributed by atoms with Gasteiger partial charge in [0, 0.05) is 22.8 Å². The van der Waals surface area contributed by atoms with Crippen molar-refractivity contribution >= 4 is 34.9 Å². The van der Waals surface area contributed by atoms with Crippen LogP contribution in [-0.2, 0) is 9.53 Å². The molecular weight excluding hydrogens is 364 g/mol. The maximum Gasteiger partial charge on any atom is 0.342 e. The van der Waals surface area contributed by atoms with Crippen molar-refractivity contribution in [1.82, 2.24) is 0 Å². The Hall–Kier alpha value is -3.13. The Balaban J connectivity index is 2.05. The first-order valence-electron chi connectivity index (χ1n) is 7.37. The van der Waals surface area contributed by atoms with Gasteiger partial charge in [-0.15, -0.1) is 0 Å². The molecule has 0 radical (unpaired) electrons. The molecule has 2 aromatic carbocycles. The zero-order valence-corrected chi connectivity index (χ0v) is 14.7. The number of nitro benzene ring substituents is 1. The SMILES string of the molecule is COc1ccc([N+](=O)[O-])cc1C(=O)OCC(=O)Nc1ccc(Cl)cc1C. The number of anilines is 1. The minimum atomic E-state index is -0.909. The third-order valence-corrected chi connectivity index (χ3v) is 3.65. The summed E-state index contributed by atoms with van der Waals surface area (Å²) in [5.74, 6) is -1.36. The Morgan fingerprint density at radius 2 is 1.96 bits per heavy atom. The van der Waals surface area contributed by atoms with E-state index in [1.54, 1.807) is 25.1 Å². The number of ether oxygens (including phenoxy) is 2. The standard InChI is InChI=1S/C17H15ClN2O6/c1-10-7-11(18)3-5-14(10)19-16(21)9-26-17(22)13-8-12(20(23)24)4-6-15(13)25-2/h3-8H,9H2,1-2H3,(H,19,21). The topological polar surface area (TPSA) is 108 Å². The third-order valence-electron chi connectivity index (χ3n) is 3.41. The molecule has 0 saturated heterocycles. The molecule has 0 aliphatic carbocycles. The van der Waals surface area contributed by atoms with Crippen LogP contribution in [0, 0.1) is 17.0 Å². The highest BCUT2D eigenvalue weighted by atomic mass is 35.5. The van der Waals surface area contributed by atoms with Gasteiger partial charge in [0.1, 0.15) is 11.3 Å². The fraction of sp³-hybridized carbons (Fsp3) is 0.176. The number of nitrogens with zero attached hydrogens (tertiary/aromatic N) is 1. The van der Waals surface area contributed by atoms with E-state index in [0.717, 1.165) is 11.6 Å². The number of nitrogens with one attached hydrogen (secondary N) is 1. The second-order valence-corrected chi connectivity index (χ2v) is 5.66. The van der Waals surface area contributed by atoms with Gasteiger partial charge in [0.2, 0.25) is 0 Å². The molecule has 26 heavy (non-hydrogen) atoms. The molecule has 0 aliphatic heterocycles. The highest BCUT2D eigenvalue weighted by Crippen LogP contribution is 2.25. The molecule has 0 heterocycles. The van der Waals surface area contributed by atoms with Crippen LogP contribution in [0.15, 0.2) is 36.4 Å². The van der Waals surface area contributed by atoms with Crippen molar-refractivity contribution in [3.8, 4) is 5.75 Å². The maximum atomic E-state index is 12.1. The molecule has 0 aliphatic rings. The summed E-state index contributed by atoms with van der Waals surface area (Å²) in [6.45, 7) is 1.20. The molecule has 1 amide bonds. The lowest BCUT2D eigenvalue weighted by atomic mass is 10.2. The number of carbonyl (C=O) groups is 2. The molecule has 2 rings (SSSR count). The van der Waals surface area contributed by atoms with Crippen molar-refractivity contribution in [2.75, 3.05) is 19.0 Å². The molecule has 0 unspecified atom stereocenters. The van der Waals surface area contributed by atoms with Crippen LogP contribution in [0.5, 0.6) is 5.75 Å². The second kappa shape index (κ2) is 8.30. The summed E-state index contributed by atoms with van der Waals surface area (Å²) < 4.78 is 9.92. The predicted molar refractivity (Wildman–Crippen MR) is 94.7 cm³/mol. The molecule has 0 saturated carbocycles. The lowest BCUT2D eigenvalue weighted by Crippen LogP contribution is -2.21. The Kier molecular flexibility index (Phi) is 6.13. The average molecular weight is 379 g/mol. The minimum Gasteiger partial charge on any atom is -0.496 e. The number of nitro groups is 1. The molecule has 9 heteroatoms. The number of halogens is 1. The Morgan fingerprint density at radius 3 is 2.58 bits per heavy atom. The van der Waals surface area contributed by atoms with E-state index >= 15 is 0 Å². The number of rotatable bonds is 6. The third kappa shape index (κ3) is 4.70. The van der Waals surface area contributed by atoms with Crippen LogP contribution in [0.3, 0.4) is 0 Å². The largest absolute Gasteiger partial charge is 0.496 e. The zero-order chi connectivity index (χ0) is 19.3. The molecule has 2 aromatic rings. The van der Waals surface area contributed by atoms with Crippen molar-refractivity contribution in [1.29, 1.82) is 0 Å². The van der Waals surface area contributed by atoms with Gasteiger partial charge in [-0.2, -0.15) is 0 Å². The Morgan fingerprint density at radius 1 is 1.23 bits per heavy atom. The van der Waals surface area contributed by atoms with Crippen molar-refractivity contribution in [3.05, 3.63) is 62.7 Å². The van der Waals surface area contributed by atoms with E-state index < -0.39 is 23.4 Å². The van der Waals surface area contributed by atoms with Gasteiger partial charge in [-0.25, -0.2) is 4.79 Å². The van der Waals surface area contributed by atoms with E-state index in [-0.39, 0.29) is 17.0 Å². The molecule has 0 atom stereocenters. The number of non-ortho nitro benzene ring substituents is 1. The quantitative estimate of drug-likeness (QED) is 0.469.